The van der Waals surface area contributed by atoms with E-state index in [1.807, 2.05) is 57.8 Å². The van der Waals surface area contributed by atoms with Crippen LogP contribution in [0.2, 0.25) is 0 Å². The molecule has 0 saturated heterocycles. The van der Waals surface area contributed by atoms with Crippen molar-refractivity contribution in [2.24, 2.45) is 117 Å². The minimum Gasteiger partial charge on any atom is -0.390 e. The molecule has 0 amide bonds. The van der Waals surface area contributed by atoms with Gasteiger partial charge >= 0.3 is 0 Å². The maximum Gasteiger partial charge on any atom is 0.0682 e. The van der Waals surface area contributed by atoms with Gasteiger partial charge in [-0.25, -0.2) is 0 Å². The fourth-order valence-electron chi connectivity index (χ4n) is 24.5. The van der Waals surface area contributed by atoms with Crippen LogP contribution in [0.4, 0.5) is 0 Å². The second-order valence-corrected chi connectivity index (χ2v) is 33.4. The molecule has 470 valence electrons. The Bertz CT molecular complexity index is 2950. The van der Waals surface area contributed by atoms with E-state index in [4.69, 9.17) is 0 Å². The summed E-state index contributed by atoms with van der Waals surface area (Å²) >= 11 is 0. The second-order valence-electron chi connectivity index (χ2n) is 33.4. The van der Waals surface area contributed by atoms with E-state index in [-0.39, 0.29) is 0 Å². The second kappa shape index (κ2) is 23.5. The molecule has 0 spiro atoms. The van der Waals surface area contributed by atoms with E-state index >= 15 is 0 Å². The Morgan fingerprint density at radius 2 is 0.942 bits per heavy atom. The highest BCUT2D eigenvalue weighted by molar-refractivity contribution is 5.26. The molecule has 3 aromatic rings. The SMILES string of the molecule is C=C(Cn1cccn1)[C@H]1CC[C@H]2[C@@H]3CC=C4C[C@@](O)(CC)CC[C@@H]4[C@H]3CC[C@]12C.C=C(Cn1cccn1)[C@H]1CC[C@H]2[C@@H]3CC=C4C[C@](C)(O)CC[C@@H]4[C@H]3CC[C@]12C.C=C(Cn1cccn1)[C@H]1CC[C@H]2[C@@H]3CC[C@@H]4C[C@](C)(O)[C@H](C)C[C@@H]4[C@H]3CC[C@]12C. The number of aromatic nitrogens is 6. The highest BCUT2D eigenvalue weighted by Gasteiger charge is 2.61. The van der Waals surface area contributed by atoms with E-state index in [0.717, 1.165) is 135 Å². The molecule has 0 radical (unpaired) electrons. The molecule has 10 saturated carbocycles. The van der Waals surface area contributed by atoms with Gasteiger partial charge in [0.15, 0.2) is 0 Å². The van der Waals surface area contributed by atoms with Crippen LogP contribution in [0.15, 0.2) is 115 Å². The standard InChI is InChI=1S/C26H40N2O.C26H38N2O.C25H36N2O/c1-17(16-28-13-5-12-27-28)23-8-9-24-21-7-6-19-15-26(4,29)18(2)14-22(19)20(21)10-11-25(23,24)3;1-4-26(29)13-11-20-19(16-26)6-7-22-21(20)10-12-25(3)23(8-9-24(22)25)18(2)17-28-15-5-14-27-28;1-17(16-27-14-4-13-26-27)22-7-8-23-21-6-5-18-15-24(2,28)11-9-19(18)20(21)10-12-25(22,23)3/h5,12-13,18-24,29H,1,6-11,14-16H2,2-4H3;5-6,14-15,20-24,29H,2,4,7-13,16-17H2,1,3H3;4-5,13-14,19-23,28H,1,6-12,15-16H2,2-3H3/t18-,19-,20+,21-,22+,23-,24+,25-,26+;20-,21+,22+,23+,24-,25+,26+;19-,20+,21+,22+,23-,24+,25+/m100/s1. The molecule has 0 aliphatic heterocycles. The Hall–Kier alpha value is -3.79. The van der Waals surface area contributed by atoms with Gasteiger partial charge in [-0.1, -0.05) is 94.4 Å². The number of hydrogen-bond donors (Lipinski definition) is 3. The van der Waals surface area contributed by atoms with E-state index in [2.05, 4.69) is 107 Å². The summed E-state index contributed by atoms with van der Waals surface area (Å²) < 4.78 is 6.12. The molecule has 3 aromatic heterocycles. The molecule has 0 aromatic carbocycles. The molecule has 0 unspecified atom stereocenters. The van der Waals surface area contributed by atoms with Crippen molar-refractivity contribution in [2.45, 2.75) is 245 Å². The van der Waals surface area contributed by atoms with Crippen LogP contribution < -0.4 is 0 Å². The molecule has 23 atom stereocenters. The normalized spacial score (nSPS) is 46.0. The number of allylic oxidation sites excluding steroid dienone is 5. The zero-order chi connectivity index (χ0) is 60.1. The van der Waals surface area contributed by atoms with Crippen molar-refractivity contribution in [3.05, 3.63) is 115 Å². The zero-order valence-corrected chi connectivity index (χ0v) is 54.6. The number of fused-ring (bicyclic) bond motifs is 15. The highest BCUT2D eigenvalue weighted by Crippen LogP contribution is 2.69. The number of hydrogen-bond acceptors (Lipinski definition) is 6. The Labute approximate surface area is 519 Å². The fourth-order valence-corrected chi connectivity index (χ4v) is 24.5. The zero-order valence-electron chi connectivity index (χ0n) is 54.6. The van der Waals surface area contributed by atoms with Gasteiger partial charge in [0.2, 0.25) is 0 Å². The molecule has 9 nitrogen and oxygen atoms in total. The molecule has 10 fully saturated rings. The quantitative estimate of drug-likeness (QED) is 0.174. The molecule has 15 rings (SSSR count). The summed E-state index contributed by atoms with van der Waals surface area (Å²) in [7, 11) is 0. The Kier molecular flexibility index (Phi) is 16.7. The summed E-state index contributed by atoms with van der Waals surface area (Å²) in [6.07, 6.45) is 47.8. The maximum absolute atomic E-state index is 10.9. The van der Waals surface area contributed by atoms with Crippen LogP contribution in [-0.2, 0) is 19.6 Å². The average Bonchev–Trinajstić information content (AvgIpc) is 1.56. The number of nitrogens with zero attached hydrogens (tertiary/aromatic N) is 6. The first kappa shape index (κ1) is 61.1. The third-order valence-corrected chi connectivity index (χ3v) is 29.1. The van der Waals surface area contributed by atoms with Crippen molar-refractivity contribution in [1.82, 2.24) is 29.3 Å². The summed E-state index contributed by atoms with van der Waals surface area (Å²) in [5, 5.41) is 45.5. The van der Waals surface area contributed by atoms with Crippen LogP contribution in [0.3, 0.4) is 0 Å². The van der Waals surface area contributed by atoms with Crippen LogP contribution in [-0.4, -0.2) is 61.5 Å². The highest BCUT2D eigenvalue weighted by atomic mass is 16.3. The molecule has 3 N–H and O–H groups in total. The van der Waals surface area contributed by atoms with Gasteiger partial charge in [-0.05, 0) is 309 Å². The molecule has 0 bridgehead atoms. The van der Waals surface area contributed by atoms with Crippen molar-refractivity contribution in [3.8, 4) is 0 Å². The van der Waals surface area contributed by atoms with Gasteiger partial charge in [0, 0.05) is 37.2 Å². The van der Waals surface area contributed by atoms with E-state index in [0.29, 0.717) is 39.9 Å². The Morgan fingerprint density at radius 3 is 1.40 bits per heavy atom. The van der Waals surface area contributed by atoms with E-state index in [1.54, 1.807) is 11.1 Å². The van der Waals surface area contributed by atoms with Crippen LogP contribution in [0, 0.1) is 117 Å². The van der Waals surface area contributed by atoms with Gasteiger partial charge in [-0.3, -0.25) is 14.0 Å². The number of aliphatic hydroxyl groups is 3. The lowest BCUT2D eigenvalue weighted by molar-refractivity contribution is -0.121. The average molecular weight is 1170 g/mol. The van der Waals surface area contributed by atoms with E-state index in [9.17, 15) is 15.3 Å². The third-order valence-electron chi connectivity index (χ3n) is 29.1. The topological polar surface area (TPSA) is 114 Å². The summed E-state index contributed by atoms with van der Waals surface area (Å²) in [5.74, 6) is 13.3. The van der Waals surface area contributed by atoms with Crippen LogP contribution in [0.5, 0.6) is 0 Å². The van der Waals surface area contributed by atoms with Crippen LogP contribution in [0.1, 0.15) is 209 Å². The first-order valence-electron chi connectivity index (χ1n) is 35.6. The van der Waals surface area contributed by atoms with Crippen molar-refractivity contribution in [2.75, 3.05) is 0 Å². The maximum atomic E-state index is 10.9. The summed E-state index contributed by atoms with van der Waals surface area (Å²) in [6.45, 7) is 32.6. The lowest BCUT2D eigenvalue weighted by Crippen LogP contribution is -2.52. The van der Waals surface area contributed by atoms with E-state index < -0.39 is 16.8 Å². The first-order chi connectivity index (χ1) is 41.1. The van der Waals surface area contributed by atoms with Crippen molar-refractivity contribution in [3.63, 3.8) is 0 Å². The lowest BCUT2D eigenvalue weighted by Gasteiger charge is -2.58. The van der Waals surface area contributed by atoms with Crippen molar-refractivity contribution >= 4 is 0 Å². The predicted molar refractivity (Wildman–Crippen MR) is 347 cm³/mol. The fraction of sp³-hybridized carbons (Fsp3) is 0.753. The minimum atomic E-state index is -0.471. The molecular formula is C77H114N6O3. The van der Waals surface area contributed by atoms with Crippen molar-refractivity contribution < 1.29 is 15.3 Å². The number of rotatable bonds is 10. The predicted octanol–water partition coefficient (Wildman–Crippen LogP) is 16.9. The molecule has 9 heteroatoms. The molecule has 12 aliphatic rings. The third kappa shape index (κ3) is 11.1. The largest absolute Gasteiger partial charge is 0.390 e. The van der Waals surface area contributed by atoms with Crippen molar-refractivity contribution in [1.29, 1.82) is 0 Å². The molecule has 3 heterocycles. The molecule has 86 heavy (non-hydrogen) atoms. The monoisotopic (exact) mass is 1170 g/mol. The Morgan fingerprint density at radius 1 is 0.500 bits per heavy atom. The summed E-state index contributed by atoms with van der Waals surface area (Å²) in [6, 6.07) is 6.02. The van der Waals surface area contributed by atoms with Gasteiger partial charge in [-0.15, -0.1) is 0 Å². The van der Waals surface area contributed by atoms with Crippen LogP contribution in [0.25, 0.3) is 0 Å². The van der Waals surface area contributed by atoms with Crippen LogP contribution >= 0.6 is 0 Å². The first-order valence-corrected chi connectivity index (χ1v) is 35.6. The molecular weight excluding hydrogens is 1060 g/mol. The lowest BCUT2D eigenvalue weighted by atomic mass is 9.48. The van der Waals surface area contributed by atoms with Gasteiger partial charge in [0.1, 0.15) is 0 Å². The van der Waals surface area contributed by atoms with Gasteiger partial charge in [0.05, 0.1) is 36.4 Å². The smallest absolute Gasteiger partial charge is 0.0682 e. The molecule has 12 aliphatic carbocycles. The minimum absolute atomic E-state index is 0.412. The van der Waals surface area contributed by atoms with E-state index in [1.165, 1.54) is 139 Å². The van der Waals surface area contributed by atoms with Gasteiger partial charge in [0.25, 0.3) is 0 Å². The summed E-state index contributed by atoms with van der Waals surface area (Å²) in [4.78, 5) is 0. The summed E-state index contributed by atoms with van der Waals surface area (Å²) in [5.41, 5.74) is 7.26. The Balaban J connectivity index is 0.000000120. The van der Waals surface area contributed by atoms with Gasteiger partial charge < -0.3 is 15.3 Å². The van der Waals surface area contributed by atoms with Gasteiger partial charge in [-0.2, -0.15) is 15.3 Å².